The van der Waals surface area contributed by atoms with E-state index in [0.717, 1.165) is 6.42 Å². The van der Waals surface area contributed by atoms with Crippen LogP contribution in [0.2, 0.25) is 5.02 Å². The highest BCUT2D eigenvalue weighted by atomic mass is 35.5. The summed E-state index contributed by atoms with van der Waals surface area (Å²) in [7, 11) is 0. The van der Waals surface area contributed by atoms with E-state index in [4.69, 9.17) is 27.5 Å². The maximum atomic E-state index is 7.59. The third-order valence-electron chi connectivity index (χ3n) is 3.65. The number of rotatable bonds is 4. The quantitative estimate of drug-likeness (QED) is 0.669. The van der Waals surface area contributed by atoms with Crippen LogP contribution in [0.5, 0.6) is 5.75 Å². The Balaban J connectivity index is 1.75. The lowest BCUT2D eigenvalue weighted by molar-refractivity contribution is 0.275. The van der Waals surface area contributed by atoms with Crippen molar-refractivity contribution in [3.8, 4) is 5.75 Å². The van der Waals surface area contributed by atoms with Crippen molar-refractivity contribution in [3.05, 3.63) is 64.2 Å². The fourth-order valence-electron chi connectivity index (χ4n) is 2.59. The molecule has 0 saturated carbocycles. The van der Waals surface area contributed by atoms with Crippen LogP contribution in [0.15, 0.2) is 42.5 Å². The monoisotopic (exact) mass is 286 g/mol. The molecule has 3 N–H and O–H groups in total. The van der Waals surface area contributed by atoms with E-state index in [-0.39, 0.29) is 5.84 Å². The van der Waals surface area contributed by atoms with Crippen LogP contribution < -0.4 is 10.5 Å². The lowest BCUT2D eigenvalue weighted by Gasteiger charge is -2.30. The Kier molecular flexibility index (Phi) is 3.36. The number of benzene rings is 2. The smallest absolute Gasteiger partial charge is 0.131 e. The van der Waals surface area contributed by atoms with Gasteiger partial charge in [-0.25, -0.2) is 0 Å². The first-order chi connectivity index (χ1) is 9.66. The number of nitrogen functional groups attached to an aromatic ring is 1. The zero-order chi connectivity index (χ0) is 14.1. The highest BCUT2D eigenvalue weighted by Gasteiger charge is 2.26. The molecule has 102 valence electrons. The lowest BCUT2D eigenvalue weighted by atomic mass is 9.78. The van der Waals surface area contributed by atoms with Gasteiger partial charge in [0, 0.05) is 5.92 Å². The van der Waals surface area contributed by atoms with Gasteiger partial charge in [0.1, 0.15) is 11.6 Å². The Morgan fingerprint density at radius 2 is 2.05 bits per heavy atom. The first-order valence-corrected chi connectivity index (χ1v) is 6.88. The number of hydrogen-bond donors (Lipinski definition) is 2. The third kappa shape index (κ3) is 2.25. The molecule has 20 heavy (non-hydrogen) atoms. The molecule has 2 aromatic carbocycles. The van der Waals surface area contributed by atoms with Gasteiger partial charge in [-0.05, 0) is 29.7 Å². The summed E-state index contributed by atoms with van der Waals surface area (Å²) < 4.78 is 5.83. The van der Waals surface area contributed by atoms with Gasteiger partial charge in [-0.15, -0.1) is 0 Å². The second-order valence-electron chi connectivity index (χ2n) is 4.94. The van der Waals surface area contributed by atoms with Crippen LogP contribution in [0.1, 0.15) is 22.6 Å². The Labute approximate surface area is 122 Å². The van der Waals surface area contributed by atoms with E-state index >= 15 is 0 Å². The van der Waals surface area contributed by atoms with Gasteiger partial charge in [-0.1, -0.05) is 41.9 Å². The zero-order valence-electron chi connectivity index (χ0n) is 10.9. The molecule has 0 amide bonds. The topological polar surface area (TPSA) is 59.1 Å². The molecule has 3 rings (SSSR count). The third-order valence-corrected chi connectivity index (χ3v) is 3.96. The van der Waals surface area contributed by atoms with Crippen LogP contribution in [-0.2, 0) is 6.42 Å². The molecule has 4 heteroatoms. The maximum absolute atomic E-state index is 7.59. The van der Waals surface area contributed by atoms with E-state index in [1.807, 2.05) is 6.07 Å². The molecule has 0 radical (unpaired) electrons. The van der Waals surface area contributed by atoms with Crippen LogP contribution in [0.4, 0.5) is 0 Å². The Hall–Kier alpha value is -2.00. The Morgan fingerprint density at radius 1 is 1.25 bits per heavy atom. The molecule has 0 fully saturated rings. The highest BCUT2D eigenvalue weighted by Crippen LogP contribution is 2.36. The normalized spacial score (nSPS) is 16.1. The molecule has 1 aliphatic carbocycles. The first-order valence-electron chi connectivity index (χ1n) is 6.50. The molecular formula is C16H15ClN2O. The number of amidine groups is 1. The van der Waals surface area contributed by atoms with Crippen molar-refractivity contribution in [2.75, 3.05) is 6.61 Å². The van der Waals surface area contributed by atoms with Gasteiger partial charge in [0.2, 0.25) is 0 Å². The molecule has 3 nitrogen and oxygen atoms in total. The summed E-state index contributed by atoms with van der Waals surface area (Å²) in [5.74, 6) is 0.916. The van der Waals surface area contributed by atoms with Gasteiger partial charge < -0.3 is 10.5 Å². The Bertz CT molecular complexity index is 669. The van der Waals surface area contributed by atoms with E-state index in [1.165, 1.54) is 11.1 Å². The number of fused-ring (bicyclic) bond motifs is 1. The molecule has 1 atom stereocenters. The van der Waals surface area contributed by atoms with Crippen LogP contribution in [0.25, 0.3) is 0 Å². The van der Waals surface area contributed by atoms with Crippen molar-refractivity contribution >= 4 is 17.4 Å². The van der Waals surface area contributed by atoms with Gasteiger partial charge in [0.25, 0.3) is 0 Å². The number of nitrogens with two attached hydrogens (primary N) is 1. The van der Waals surface area contributed by atoms with Crippen molar-refractivity contribution in [2.24, 2.45) is 5.73 Å². The molecule has 2 aromatic rings. The van der Waals surface area contributed by atoms with Crippen molar-refractivity contribution in [3.63, 3.8) is 0 Å². The molecule has 0 saturated heterocycles. The fourth-order valence-corrected chi connectivity index (χ4v) is 2.86. The molecule has 0 bridgehead atoms. The SMILES string of the molecule is N=C(N)c1c(Cl)cccc1OCC1Cc2ccccc21. The van der Waals surface area contributed by atoms with Crippen molar-refractivity contribution in [2.45, 2.75) is 12.3 Å². The van der Waals surface area contributed by atoms with E-state index in [1.54, 1.807) is 18.2 Å². The second kappa shape index (κ2) is 5.17. The predicted octanol–water partition coefficient (Wildman–Crippen LogP) is 3.34. The summed E-state index contributed by atoms with van der Waals surface area (Å²) in [5.41, 5.74) is 8.77. The van der Waals surface area contributed by atoms with Gasteiger partial charge in [-0.2, -0.15) is 0 Å². The average molecular weight is 287 g/mol. The summed E-state index contributed by atoms with van der Waals surface area (Å²) in [5, 5.41) is 8.04. The highest BCUT2D eigenvalue weighted by molar-refractivity contribution is 6.34. The minimum atomic E-state index is -0.0698. The Morgan fingerprint density at radius 3 is 2.80 bits per heavy atom. The summed E-state index contributed by atoms with van der Waals surface area (Å²) in [6, 6.07) is 13.7. The second-order valence-corrected chi connectivity index (χ2v) is 5.34. The van der Waals surface area contributed by atoms with Crippen LogP contribution in [0, 0.1) is 5.41 Å². The lowest BCUT2D eigenvalue weighted by Crippen LogP contribution is -2.24. The van der Waals surface area contributed by atoms with Gasteiger partial charge in [0.15, 0.2) is 0 Å². The fraction of sp³-hybridized carbons (Fsp3) is 0.188. The van der Waals surface area contributed by atoms with Crippen LogP contribution in [-0.4, -0.2) is 12.4 Å². The van der Waals surface area contributed by atoms with Gasteiger partial charge in [0.05, 0.1) is 17.2 Å². The maximum Gasteiger partial charge on any atom is 0.131 e. The van der Waals surface area contributed by atoms with E-state index < -0.39 is 0 Å². The van der Waals surface area contributed by atoms with E-state index in [0.29, 0.717) is 28.9 Å². The number of hydrogen-bond acceptors (Lipinski definition) is 2. The van der Waals surface area contributed by atoms with Crippen molar-refractivity contribution in [1.29, 1.82) is 5.41 Å². The van der Waals surface area contributed by atoms with Crippen LogP contribution in [0.3, 0.4) is 0 Å². The van der Waals surface area contributed by atoms with E-state index in [2.05, 4.69) is 18.2 Å². The summed E-state index contributed by atoms with van der Waals surface area (Å²) in [4.78, 5) is 0. The van der Waals surface area contributed by atoms with Crippen LogP contribution >= 0.6 is 11.6 Å². The number of nitrogens with one attached hydrogen (secondary N) is 1. The minimum Gasteiger partial charge on any atom is -0.492 e. The minimum absolute atomic E-state index is 0.0698. The average Bonchev–Trinajstić information content (AvgIpc) is 2.39. The van der Waals surface area contributed by atoms with Gasteiger partial charge >= 0.3 is 0 Å². The summed E-state index contributed by atoms with van der Waals surface area (Å²) in [6.45, 7) is 0.581. The zero-order valence-corrected chi connectivity index (χ0v) is 11.7. The van der Waals surface area contributed by atoms with Crippen molar-refractivity contribution in [1.82, 2.24) is 0 Å². The predicted molar refractivity (Wildman–Crippen MR) is 80.9 cm³/mol. The first kappa shape index (κ1) is 13.0. The molecule has 1 unspecified atom stereocenters. The van der Waals surface area contributed by atoms with Gasteiger partial charge in [-0.3, -0.25) is 5.41 Å². The molecule has 0 heterocycles. The molecule has 0 aromatic heterocycles. The summed E-state index contributed by atoms with van der Waals surface area (Å²) in [6.07, 6.45) is 1.03. The molecule has 1 aliphatic rings. The molecular weight excluding hydrogens is 272 g/mol. The molecule has 0 spiro atoms. The number of halogens is 1. The molecule has 0 aliphatic heterocycles. The van der Waals surface area contributed by atoms with E-state index in [9.17, 15) is 0 Å². The number of ether oxygens (including phenoxy) is 1. The summed E-state index contributed by atoms with van der Waals surface area (Å²) >= 11 is 6.07. The standard InChI is InChI=1S/C16H15ClN2O/c17-13-6-3-7-14(15(13)16(18)19)20-9-11-8-10-4-1-2-5-12(10)11/h1-7,11H,8-9H2,(H3,18,19). The largest absolute Gasteiger partial charge is 0.492 e. The van der Waals surface area contributed by atoms with Crippen molar-refractivity contribution < 1.29 is 4.74 Å².